The highest BCUT2D eigenvalue weighted by molar-refractivity contribution is 5.95. The van der Waals surface area contributed by atoms with E-state index in [2.05, 4.69) is 15.0 Å². The van der Waals surface area contributed by atoms with Gasteiger partial charge in [-0.3, -0.25) is 9.59 Å². The van der Waals surface area contributed by atoms with Gasteiger partial charge in [0, 0.05) is 13.1 Å². The number of benzene rings is 1. The molecule has 1 aliphatic rings. The van der Waals surface area contributed by atoms with E-state index in [0.29, 0.717) is 5.82 Å². The molecule has 1 fully saturated rings. The van der Waals surface area contributed by atoms with Crippen molar-refractivity contribution in [2.75, 3.05) is 19.0 Å². The zero-order valence-corrected chi connectivity index (χ0v) is 11.9. The molecule has 0 aliphatic carbocycles. The first-order valence-electron chi connectivity index (χ1n) is 6.80. The third-order valence-electron chi connectivity index (χ3n) is 3.57. The van der Waals surface area contributed by atoms with Crippen molar-refractivity contribution in [3.05, 3.63) is 48.2 Å². The van der Waals surface area contributed by atoms with Crippen molar-refractivity contribution in [2.45, 2.75) is 12.1 Å². The van der Waals surface area contributed by atoms with Gasteiger partial charge in [-0.2, -0.15) is 0 Å². The summed E-state index contributed by atoms with van der Waals surface area (Å²) in [4.78, 5) is 25.9. The van der Waals surface area contributed by atoms with E-state index in [1.165, 1.54) is 17.2 Å². The van der Waals surface area contributed by atoms with E-state index in [1.807, 2.05) is 30.3 Å². The van der Waals surface area contributed by atoms with Crippen molar-refractivity contribution in [1.82, 2.24) is 10.1 Å². The van der Waals surface area contributed by atoms with Crippen LogP contribution in [0.3, 0.4) is 0 Å². The minimum atomic E-state index is -0.818. The lowest BCUT2D eigenvalue weighted by molar-refractivity contribution is -0.160. The van der Waals surface area contributed by atoms with Gasteiger partial charge in [-0.25, -0.2) is 0 Å². The van der Waals surface area contributed by atoms with E-state index in [0.717, 1.165) is 5.56 Å². The van der Waals surface area contributed by atoms with Crippen LogP contribution < -0.4 is 5.32 Å². The molecule has 0 spiro atoms. The van der Waals surface area contributed by atoms with Gasteiger partial charge in [0.05, 0.1) is 6.04 Å². The van der Waals surface area contributed by atoms with Crippen LogP contribution >= 0.6 is 0 Å². The number of aromatic nitrogens is 1. The molecule has 0 radical (unpaired) electrons. The molecular weight excluding hydrogens is 286 g/mol. The zero-order valence-electron chi connectivity index (χ0n) is 11.9. The highest BCUT2D eigenvalue weighted by atomic mass is 16.5. The summed E-state index contributed by atoms with van der Waals surface area (Å²) in [5.74, 6) is -0.235. The molecule has 0 unspecified atom stereocenters. The second-order valence-corrected chi connectivity index (χ2v) is 4.97. The number of morpholine rings is 1. The number of anilines is 1. The van der Waals surface area contributed by atoms with E-state index in [-0.39, 0.29) is 18.4 Å². The number of amides is 2. The lowest BCUT2D eigenvalue weighted by Gasteiger charge is -2.38. The number of likely N-dealkylation sites (N-methyl/N-ethyl adjacent to an activating group) is 1. The second-order valence-electron chi connectivity index (χ2n) is 4.97. The van der Waals surface area contributed by atoms with Crippen molar-refractivity contribution in [2.24, 2.45) is 0 Å². The smallest absolute Gasteiger partial charge is 0.257 e. The van der Waals surface area contributed by atoms with Crippen LogP contribution in [0, 0.1) is 0 Å². The van der Waals surface area contributed by atoms with E-state index in [4.69, 9.17) is 4.74 Å². The molecule has 1 aliphatic heterocycles. The van der Waals surface area contributed by atoms with Gasteiger partial charge >= 0.3 is 0 Å². The Labute approximate surface area is 126 Å². The quantitative estimate of drug-likeness (QED) is 0.921. The number of nitrogens with zero attached hydrogens (tertiary/aromatic N) is 2. The van der Waals surface area contributed by atoms with Crippen LogP contribution in [0.1, 0.15) is 11.6 Å². The number of carbonyl (C=O) groups excluding carboxylic acids is 2. The average molecular weight is 301 g/mol. The molecule has 1 saturated heterocycles. The first-order chi connectivity index (χ1) is 10.7. The van der Waals surface area contributed by atoms with Gasteiger partial charge in [-0.1, -0.05) is 35.5 Å². The summed E-state index contributed by atoms with van der Waals surface area (Å²) in [6.07, 6.45) is 0.545. The fourth-order valence-corrected chi connectivity index (χ4v) is 2.45. The number of ether oxygens (including phenoxy) is 1. The van der Waals surface area contributed by atoms with E-state index in [9.17, 15) is 9.59 Å². The van der Waals surface area contributed by atoms with Crippen LogP contribution in [0.2, 0.25) is 0 Å². The Hall–Kier alpha value is -2.67. The molecule has 7 heteroatoms. The zero-order chi connectivity index (χ0) is 15.5. The first kappa shape index (κ1) is 14.3. The summed E-state index contributed by atoms with van der Waals surface area (Å²) in [7, 11) is 1.67. The fourth-order valence-electron chi connectivity index (χ4n) is 2.45. The molecule has 1 aromatic heterocycles. The predicted octanol–water partition coefficient (Wildman–Crippen LogP) is 1.21. The van der Waals surface area contributed by atoms with Crippen LogP contribution in [0.25, 0.3) is 0 Å². The van der Waals surface area contributed by atoms with Crippen molar-refractivity contribution in [3.8, 4) is 0 Å². The number of nitrogens with one attached hydrogen (secondary N) is 1. The predicted molar refractivity (Wildman–Crippen MR) is 76.8 cm³/mol. The van der Waals surface area contributed by atoms with E-state index >= 15 is 0 Å². The first-order valence-corrected chi connectivity index (χ1v) is 6.80. The maximum Gasteiger partial charge on any atom is 0.257 e. The van der Waals surface area contributed by atoms with E-state index in [1.54, 1.807) is 7.05 Å². The van der Waals surface area contributed by atoms with Crippen molar-refractivity contribution >= 4 is 17.6 Å². The second kappa shape index (κ2) is 5.98. The summed E-state index contributed by atoms with van der Waals surface area (Å²) in [5.41, 5.74) is 0.832. The Kier molecular flexibility index (Phi) is 3.88. The van der Waals surface area contributed by atoms with Crippen LogP contribution in [-0.4, -0.2) is 41.6 Å². The molecule has 114 valence electrons. The average Bonchev–Trinajstić information content (AvgIpc) is 3.03. The highest BCUT2D eigenvalue weighted by Gasteiger charge is 2.40. The molecule has 1 aromatic carbocycles. The third-order valence-corrected chi connectivity index (χ3v) is 3.57. The molecule has 2 atom stereocenters. The van der Waals surface area contributed by atoms with Gasteiger partial charge < -0.3 is 19.5 Å². The highest BCUT2D eigenvalue weighted by Crippen LogP contribution is 2.29. The van der Waals surface area contributed by atoms with Gasteiger partial charge in [0.15, 0.2) is 11.9 Å². The van der Waals surface area contributed by atoms with Gasteiger partial charge in [0.25, 0.3) is 5.91 Å². The topological polar surface area (TPSA) is 84.7 Å². The molecule has 22 heavy (non-hydrogen) atoms. The number of hydrogen-bond donors (Lipinski definition) is 1. The molecule has 2 amide bonds. The Morgan fingerprint density at radius 1 is 1.32 bits per heavy atom. The Morgan fingerprint density at radius 3 is 2.77 bits per heavy atom. The molecule has 0 saturated carbocycles. The number of rotatable bonds is 3. The Morgan fingerprint density at radius 2 is 2.09 bits per heavy atom. The normalized spacial score (nSPS) is 21.7. The van der Waals surface area contributed by atoms with E-state index < -0.39 is 12.1 Å². The maximum absolute atomic E-state index is 12.4. The van der Waals surface area contributed by atoms with Crippen LogP contribution in [0.5, 0.6) is 0 Å². The Bertz CT molecular complexity index is 657. The molecule has 7 nitrogen and oxygen atoms in total. The summed E-state index contributed by atoms with van der Waals surface area (Å²) < 4.78 is 10.2. The fraction of sp³-hybridized carbons (Fsp3) is 0.267. The maximum atomic E-state index is 12.4. The monoisotopic (exact) mass is 301 g/mol. The molecule has 3 rings (SSSR count). The van der Waals surface area contributed by atoms with Crippen molar-refractivity contribution in [1.29, 1.82) is 0 Å². The standard InChI is InChI=1S/C15H15N3O4/c1-18-12(19)9-21-14(13(18)10-5-3-2-4-6-10)15(20)16-11-7-8-22-17-11/h2-8,13-14H,9H2,1H3,(H,16,17,20)/t13-,14-/m1/s1. The van der Waals surface area contributed by atoms with Crippen LogP contribution in [-0.2, 0) is 14.3 Å². The minimum absolute atomic E-state index is 0.128. The molecule has 1 N–H and O–H groups in total. The SMILES string of the molecule is CN1C(=O)CO[C@@H](C(=O)Nc2ccon2)[C@H]1c1ccccc1. The third kappa shape index (κ3) is 2.71. The molecule has 0 bridgehead atoms. The summed E-state index contributed by atoms with van der Waals surface area (Å²) in [5, 5.41) is 6.26. The molecule has 2 aromatic rings. The Balaban J connectivity index is 1.87. The minimum Gasteiger partial charge on any atom is -0.363 e. The number of carbonyl (C=O) groups is 2. The van der Waals surface area contributed by atoms with Gasteiger partial charge in [0.1, 0.15) is 12.9 Å². The van der Waals surface area contributed by atoms with Crippen LogP contribution in [0.4, 0.5) is 5.82 Å². The molecular formula is C15H15N3O4. The number of hydrogen-bond acceptors (Lipinski definition) is 5. The van der Waals surface area contributed by atoms with Gasteiger partial charge in [-0.15, -0.1) is 0 Å². The summed E-state index contributed by atoms with van der Waals surface area (Å²) in [6, 6.07) is 10.4. The van der Waals surface area contributed by atoms with Gasteiger partial charge in [-0.05, 0) is 5.56 Å². The lowest BCUT2D eigenvalue weighted by Crippen LogP contribution is -2.51. The lowest BCUT2D eigenvalue weighted by atomic mass is 9.97. The van der Waals surface area contributed by atoms with Crippen molar-refractivity contribution < 1.29 is 18.8 Å². The van der Waals surface area contributed by atoms with Crippen LogP contribution in [0.15, 0.2) is 47.2 Å². The molecule has 2 heterocycles. The van der Waals surface area contributed by atoms with Crippen molar-refractivity contribution in [3.63, 3.8) is 0 Å². The summed E-state index contributed by atoms with van der Waals surface area (Å²) in [6.45, 7) is -0.128. The van der Waals surface area contributed by atoms with Gasteiger partial charge in [0.2, 0.25) is 5.91 Å². The summed E-state index contributed by atoms with van der Waals surface area (Å²) >= 11 is 0. The largest absolute Gasteiger partial charge is 0.363 e.